The predicted molar refractivity (Wildman–Crippen MR) is 83.0 cm³/mol. The summed E-state index contributed by atoms with van der Waals surface area (Å²) < 4.78 is 24.8. The van der Waals surface area contributed by atoms with E-state index in [1.807, 2.05) is 20.8 Å². The Bertz CT molecular complexity index is 735. The summed E-state index contributed by atoms with van der Waals surface area (Å²) in [4.78, 5) is 24.2. The molecule has 1 aromatic carbocycles. The Morgan fingerprint density at radius 3 is 2.45 bits per heavy atom. The van der Waals surface area contributed by atoms with Crippen LogP contribution in [0.4, 0.5) is 5.69 Å². The van der Waals surface area contributed by atoms with E-state index in [1.165, 1.54) is 12.1 Å². The zero-order chi connectivity index (χ0) is 16.7. The van der Waals surface area contributed by atoms with Gasteiger partial charge in [0.05, 0.1) is 6.26 Å². The molecule has 1 aliphatic rings. The second kappa shape index (κ2) is 5.28. The van der Waals surface area contributed by atoms with Crippen molar-refractivity contribution in [2.75, 3.05) is 11.0 Å². The van der Waals surface area contributed by atoms with Gasteiger partial charge in [-0.05, 0) is 38.5 Å². The number of amides is 2. The quantitative estimate of drug-likeness (QED) is 0.763. The molecule has 0 saturated carbocycles. The molecule has 0 spiro atoms. The molecule has 2 amide bonds. The van der Waals surface area contributed by atoms with Gasteiger partial charge in [-0.1, -0.05) is 6.07 Å². The second-order valence-corrected chi connectivity index (χ2v) is 8.07. The lowest BCUT2D eigenvalue weighted by molar-refractivity contribution is -0.124. The lowest BCUT2D eigenvalue weighted by atomic mass is 10.0. The number of hydrogen-bond acceptors (Lipinski definition) is 4. The Morgan fingerprint density at radius 1 is 1.27 bits per heavy atom. The molecule has 3 N–H and O–H groups in total. The molecule has 120 valence electrons. The minimum Gasteiger partial charge on any atom is -0.349 e. The van der Waals surface area contributed by atoms with Crippen molar-refractivity contribution < 1.29 is 18.0 Å². The van der Waals surface area contributed by atoms with Crippen LogP contribution in [0.15, 0.2) is 18.2 Å². The summed E-state index contributed by atoms with van der Waals surface area (Å²) in [5.74, 6) is -0.704. The number of carbonyl (C=O) groups is 2. The third kappa shape index (κ3) is 3.76. The van der Waals surface area contributed by atoms with Gasteiger partial charge in [0.25, 0.3) is 5.91 Å². The highest BCUT2D eigenvalue weighted by Gasteiger charge is 2.35. The van der Waals surface area contributed by atoms with Crippen LogP contribution < -0.4 is 15.4 Å². The van der Waals surface area contributed by atoms with Gasteiger partial charge in [0.15, 0.2) is 0 Å². The third-order valence-corrected chi connectivity index (χ3v) is 3.55. The van der Waals surface area contributed by atoms with Crippen molar-refractivity contribution in [2.45, 2.75) is 32.4 Å². The van der Waals surface area contributed by atoms with Crippen molar-refractivity contribution in [1.82, 2.24) is 10.6 Å². The summed E-state index contributed by atoms with van der Waals surface area (Å²) in [5, 5.41) is 5.41. The van der Waals surface area contributed by atoms with Crippen LogP contribution in [0, 0.1) is 0 Å². The van der Waals surface area contributed by atoms with Crippen molar-refractivity contribution in [3.8, 4) is 0 Å². The number of hydrogen-bond donors (Lipinski definition) is 3. The minimum absolute atomic E-state index is 0.285. The molecule has 1 heterocycles. The molecule has 1 aromatic rings. The summed E-state index contributed by atoms with van der Waals surface area (Å²) in [6.07, 6.45) is 1.03. The maximum atomic E-state index is 12.2. The first-order valence-electron chi connectivity index (χ1n) is 6.71. The number of carbonyl (C=O) groups excluding carboxylic acids is 2. The van der Waals surface area contributed by atoms with Crippen molar-refractivity contribution in [3.05, 3.63) is 29.3 Å². The normalized spacial score (nSPS) is 17.6. The fourth-order valence-electron chi connectivity index (χ4n) is 2.22. The number of benzene rings is 1. The zero-order valence-corrected chi connectivity index (χ0v) is 13.7. The molecule has 0 fully saturated rings. The fourth-order valence-corrected chi connectivity index (χ4v) is 2.77. The lowest BCUT2D eigenvalue weighted by Gasteiger charge is -2.23. The van der Waals surface area contributed by atoms with Gasteiger partial charge in [0.1, 0.15) is 6.04 Å². The average molecular weight is 325 g/mol. The van der Waals surface area contributed by atoms with E-state index >= 15 is 0 Å². The highest BCUT2D eigenvalue weighted by molar-refractivity contribution is 7.92. The molecule has 0 aliphatic carbocycles. The molecule has 8 heteroatoms. The number of nitrogens with one attached hydrogen (secondary N) is 3. The molecular formula is C14H19N3O4S. The first-order valence-corrected chi connectivity index (χ1v) is 8.60. The van der Waals surface area contributed by atoms with Gasteiger partial charge in [0, 0.05) is 16.8 Å². The maximum absolute atomic E-state index is 12.2. The fraction of sp³-hybridized carbons (Fsp3) is 0.429. The van der Waals surface area contributed by atoms with Crippen LogP contribution >= 0.6 is 0 Å². The Morgan fingerprint density at radius 2 is 1.91 bits per heavy atom. The molecule has 1 aliphatic heterocycles. The van der Waals surface area contributed by atoms with Crippen LogP contribution in [0.3, 0.4) is 0 Å². The van der Waals surface area contributed by atoms with Gasteiger partial charge in [-0.25, -0.2) is 8.42 Å². The zero-order valence-electron chi connectivity index (χ0n) is 12.9. The second-order valence-electron chi connectivity index (χ2n) is 6.32. The first kappa shape index (κ1) is 16.3. The molecular weight excluding hydrogens is 306 g/mol. The third-order valence-electron chi connectivity index (χ3n) is 2.95. The van der Waals surface area contributed by atoms with E-state index in [2.05, 4.69) is 15.4 Å². The molecule has 2 rings (SSSR count). The van der Waals surface area contributed by atoms with Crippen LogP contribution in [0.25, 0.3) is 0 Å². The van der Waals surface area contributed by atoms with E-state index in [1.54, 1.807) is 6.07 Å². The maximum Gasteiger partial charge on any atom is 0.252 e. The molecule has 22 heavy (non-hydrogen) atoms. The topological polar surface area (TPSA) is 104 Å². The van der Waals surface area contributed by atoms with Gasteiger partial charge in [0.2, 0.25) is 15.9 Å². The summed E-state index contributed by atoms with van der Waals surface area (Å²) in [5.41, 5.74) is 0.698. The molecule has 0 bridgehead atoms. The Kier molecular flexibility index (Phi) is 3.90. The van der Waals surface area contributed by atoms with E-state index in [9.17, 15) is 18.0 Å². The van der Waals surface area contributed by atoms with Crippen LogP contribution in [0.5, 0.6) is 0 Å². The highest BCUT2D eigenvalue weighted by atomic mass is 32.2. The summed E-state index contributed by atoms with van der Waals surface area (Å²) >= 11 is 0. The summed E-state index contributed by atoms with van der Waals surface area (Å²) in [7, 11) is -3.43. The van der Waals surface area contributed by atoms with E-state index in [0.29, 0.717) is 11.1 Å². The van der Waals surface area contributed by atoms with Crippen molar-refractivity contribution in [2.24, 2.45) is 0 Å². The summed E-state index contributed by atoms with van der Waals surface area (Å²) in [6.45, 7) is 5.55. The predicted octanol–water partition coefficient (Wildman–Crippen LogP) is 0.757. The van der Waals surface area contributed by atoms with Crippen LogP contribution in [0.1, 0.15) is 42.7 Å². The number of rotatable bonds is 3. The van der Waals surface area contributed by atoms with Crippen LogP contribution in [-0.2, 0) is 14.8 Å². The van der Waals surface area contributed by atoms with Crippen molar-refractivity contribution >= 4 is 27.5 Å². The Labute approximate surface area is 129 Å². The molecule has 7 nitrogen and oxygen atoms in total. The van der Waals surface area contributed by atoms with Crippen molar-refractivity contribution in [3.63, 3.8) is 0 Å². The Balaban J connectivity index is 2.31. The monoisotopic (exact) mass is 325 g/mol. The van der Waals surface area contributed by atoms with Gasteiger partial charge in [-0.3, -0.25) is 14.3 Å². The van der Waals surface area contributed by atoms with Gasteiger partial charge in [-0.15, -0.1) is 0 Å². The van der Waals surface area contributed by atoms with Gasteiger partial charge < -0.3 is 10.6 Å². The smallest absolute Gasteiger partial charge is 0.252 e. The summed E-state index contributed by atoms with van der Waals surface area (Å²) in [6, 6.07) is 3.76. The van der Waals surface area contributed by atoms with E-state index in [0.717, 1.165) is 6.26 Å². The van der Waals surface area contributed by atoms with Gasteiger partial charge >= 0.3 is 0 Å². The average Bonchev–Trinajstić information content (AvgIpc) is 2.62. The standard InChI is InChI=1S/C14H19N3O4S/c1-14(2,3)16-13(19)11-9-6-5-8(17-22(4,20)21)7-10(9)12(18)15-11/h5-7,11,17H,1-4H3,(H,15,18)(H,16,19). The largest absolute Gasteiger partial charge is 0.349 e. The van der Waals surface area contributed by atoms with Crippen LogP contribution in [-0.4, -0.2) is 32.0 Å². The van der Waals surface area contributed by atoms with E-state index in [-0.39, 0.29) is 11.6 Å². The number of anilines is 1. The van der Waals surface area contributed by atoms with Gasteiger partial charge in [-0.2, -0.15) is 0 Å². The molecule has 1 atom stereocenters. The Hall–Kier alpha value is -2.09. The lowest BCUT2D eigenvalue weighted by Crippen LogP contribution is -2.45. The number of sulfonamides is 1. The number of fused-ring (bicyclic) bond motifs is 1. The molecule has 0 saturated heterocycles. The first-order chi connectivity index (χ1) is 9.96. The minimum atomic E-state index is -3.43. The molecule has 0 radical (unpaired) electrons. The van der Waals surface area contributed by atoms with Crippen molar-refractivity contribution in [1.29, 1.82) is 0 Å². The van der Waals surface area contributed by atoms with E-state index < -0.39 is 27.5 Å². The van der Waals surface area contributed by atoms with Crippen LogP contribution in [0.2, 0.25) is 0 Å². The molecule has 1 unspecified atom stereocenters. The highest BCUT2D eigenvalue weighted by Crippen LogP contribution is 2.28. The molecule has 0 aromatic heterocycles. The SMILES string of the molecule is CC(C)(C)NC(=O)C1NC(=O)c2cc(NS(C)(=O)=O)ccc21. The van der Waals surface area contributed by atoms with E-state index in [4.69, 9.17) is 0 Å².